The maximum absolute atomic E-state index is 5.40. The van der Waals surface area contributed by atoms with Gasteiger partial charge < -0.3 is 18.9 Å². The monoisotopic (exact) mass is 204 g/mol. The van der Waals surface area contributed by atoms with Crippen molar-refractivity contribution < 1.29 is 18.9 Å². The zero-order valence-electron chi connectivity index (χ0n) is 9.62. The van der Waals surface area contributed by atoms with Crippen LogP contribution in [-0.2, 0) is 18.9 Å². The van der Waals surface area contributed by atoms with Gasteiger partial charge >= 0.3 is 11.9 Å². The largest absolute Gasteiger partial charge is 0.464 e. The van der Waals surface area contributed by atoms with E-state index in [-0.39, 0.29) is 6.10 Å². The van der Waals surface area contributed by atoms with Gasteiger partial charge in [-0.25, -0.2) is 0 Å². The van der Waals surface area contributed by atoms with Crippen molar-refractivity contribution in [3.63, 3.8) is 0 Å². The summed E-state index contributed by atoms with van der Waals surface area (Å²) in [7, 11) is 1.52. The number of ether oxygens (including phenoxy) is 4. The summed E-state index contributed by atoms with van der Waals surface area (Å²) in [5.41, 5.74) is 0. The first kappa shape index (κ1) is 12.9. The Morgan fingerprint density at radius 3 is 1.86 bits per heavy atom. The van der Waals surface area contributed by atoms with Crippen molar-refractivity contribution in [3.05, 3.63) is 11.9 Å². The molecule has 4 heteroatoms. The predicted molar refractivity (Wildman–Crippen MR) is 53.5 cm³/mol. The van der Waals surface area contributed by atoms with Crippen LogP contribution in [0.1, 0.15) is 27.7 Å². The van der Waals surface area contributed by atoms with Crippen molar-refractivity contribution in [2.24, 2.45) is 0 Å². The molecule has 0 radical (unpaired) electrons. The molecule has 0 aliphatic carbocycles. The van der Waals surface area contributed by atoms with Gasteiger partial charge in [-0.2, -0.15) is 0 Å². The van der Waals surface area contributed by atoms with Gasteiger partial charge in [-0.05, 0) is 27.7 Å². The fraction of sp³-hybridized carbons (Fsp3) is 0.800. The van der Waals surface area contributed by atoms with E-state index in [1.807, 2.05) is 27.7 Å². The lowest BCUT2D eigenvalue weighted by Crippen LogP contribution is -2.11. The smallest absolute Gasteiger partial charge is 0.364 e. The summed E-state index contributed by atoms with van der Waals surface area (Å²) < 4.78 is 20.9. The van der Waals surface area contributed by atoms with E-state index >= 15 is 0 Å². The Morgan fingerprint density at radius 1 is 1.00 bits per heavy atom. The second kappa shape index (κ2) is 7.35. The Kier molecular flexibility index (Phi) is 6.80. The zero-order chi connectivity index (χ0) is 11.0. The first-order valence-corrected chi connectivity index (χ1v) is 4.86. The molecule has 0 saturated heterocycles. The highest BCUT2D eigenvalue weighted by Gasteiger charge is 2.13. The van der Waals surface area contributed by atoms with Crippen molar-refractivity contribution in [1.82, 2.24) is 0 Å². The summed E-state index contributed by atoms with van der Waals surface area (Å²) in [6, 6.07) is 0. The standard InChI is InChI=1S/C10H20O4/c1-6-12-9(11-5)10(13-7-2)14-8(3)4/h8H,6-7H2,1-5H3. The van der Waals surface area contributed by atoms with E-state index in [9.17, 15) is 0 Å². The Morgan fingerprint density at radius 2 is 1.50 bits per heavy atom. The molecule has 14 heavy (non-hydrogen) atoms. The molecule has 0 aromatic rings. The van der Waals surface area contributed by atoms with Crippen LogP contribution in [-0.4, -0.2) is 26.4 Å². The molecule has 0 fully saturated rings. The van der Waals surface area contributed by atoms with E-state index in [0.717, 1.165) is 0 Å². The number of hydrogen-bond acceptors (Lipinski definition) is 4. The van der Waals surface area contributed by atoms with Gasteiger partial charge in [-0.3, -0.25) is 0 Å². The average Bonchev–Trinajstić information content (AvgIpc) is 2.13. The predicted octanol–water partition coefficient (Wildman–Crippen LogP) is 2.26. The fourth-order valence-electron chi connectivity index (χ4n) is 0.819. The van der Waals surface area contributed by atoms with Crippen molar-refractivity contribution in [3.8, 4) is 0 Å². The van der Waals surface area contributed by atoms with Crippen LogP contribution in [0.5, 0.6) is 0 Å². The Labute approximate surface area is 85.8 Å². The minimum atomic E-state index is 0.0298. The molecule has 0 aromatic heterocycles. The molecule has 0 heterocycles. The molecule has 0 unspecified atom stereocenters. The topological polar surface area (TPSA) is 36.9 Å². The highest BCUT2D eigenvalue weighted by molar-refractivity contribution is 4.86. The Hall–Kier alpha value is -1.06. The first-order valence-electron chi connectivity index (χ1n) is 4.86. The van der Waals surface area contributed by atoms with Gasteiger partial charge in [0.05, 0.1) is 26.4 Å². The molecule has 0 saturated carbocycles. The lowest BCUT2D eigenvalue weighted by molar-refractivity contribution is -0.0455. The minimum absolute atomic E-state index is 0.0298. The zero-order valence-corrected chi connectivity index (χ0v) is 9.62. The van der Waals surface area contributed by atoms with E-state index < -0.39 is 0 Å². The summed E-state index contributed by atoms with van der Waals surface area (Å²) in [5.74, 6) is 0.606. The van der Waals surface area contributed by atoms with Crippen LogP contribution in [0.25, 0.3) is 0 Å². The van der Waals surface area contributed by atoms with E-state index in [2.05, 4.69) is 0 Å². The van der Waals surface area contributed by atoms with Gasteiger partial charge in [0.15, 0.2) is 0 Å². The third-order valence-corrected chi connectivity index (χ3v) is 1.25. The van der Waals surface area contributed by atoms with E-state index in [1.54, 1.807) is 0 Å². The van der Waals surface area contributed by atoms with Gasteiger partial charge in [-0.15, -0.1) is 0 Å². The highest BCUT2D eigenvalue weighted by atomic mass is 16.7. The molecule has 0 rings (SSSR count). The highest BCUT2D eigenvalue weighted by Crippen LogP contribution is 2.12. The Balaban J connectivity index is 4.50. The van der Waals surface area contributed by atoms with Crippen LogP contribution in [0, 0.1) is 0 Å². The van der Waals surface area contributed by atoms with Crippen LogP contribution in [0.4, 0.5) is 0 Å². The van der Waals surface area contributed by atoms with Crippen LogP contribution >= 0.6 is 0 Å². The molecular weight excluding hydrogens is 184 g/mol. The van der Waals surface area contributed by atoms with E-state index in [0.29, 0.717) is 25.1 Å². The normalized spacial score (nSPS) is 12.1. The maximum atomic E-state index is 5.40. The number of rotatable bonds is 7. The second-order valence-electron chi connectivity index (χ2n) is 2.81. The third-order valence-electron chi connectivity index (χ3n) is 1.25. The lowest BCUT2D eigenvalue weighted by Gasteiger charge is -2.16. The molecule has 0 bridgehead atoms. The average molecular weight is 204 g/mol. The molecule has 0 aromatic carbocycles. The second-order valence-corrected chi connectivity index (χ2v) is 2.81. The quantitative estimate of drug-likeness (QED) is 0.596. The minimum Gasteiger partial charge on any atom is -0.464 e. The van der Waals surface area contributed by atoms with Crippen molar-refractivity contribution >= 4 is 0 Å². The molecule has 0 amide bonds. The van der Waals surface area contributed by atoms with Crippen LogP contribution in [0.3, 0.4) is 0 Å². The van der Waals surface area contributed by atoms with E-state index in [4.69, 9.17) is 18.9 Å². The lowest BCUT2D eigenvalue weighted by atomic mass is 10.5. The molecule has 4 nitrogen and oxygen atoms in total. The maximum Gasteiger partial charge on any atom is 0.364 e. The van der Waals surface area contributed by atoms with Crippen LogP contribution in [0.15, 0.2) is 11.9 Å². The number of hydrogen-bond donors (Lipinski definition) is 0. The van der Waals surface area contributed by atoms with Crippen molar-refractivity contribution in [2.45, 2.75) is 33.8 Å². The van der Waals surface area contributed by atoms with Gasteiger partial charge in [0, 0.05) is 0 Å². The molecule has 0 spiro atoms. The van der Waals surface area contributed by atoms with Gasteiger partial charge in [0.1, 0.15) is 0 Å². The molecule has 0 atom stereocenters. The molecule has 0 aliphatic rings. The van der Waals surface area contributed by atoms with Gasteiger partial charge in [0.25, 0.3) is 0 Å². The Bertz CT molecular complexity index is 175. The van der Waals surface area contributed by atoms with Gasteiger partial charge in [0.2, 0.25) is 0 Å². The molecule has 0 aliphatic heterocycles. The fourth-order valence-corrected chi connectivity index (χ4v) is 0.819. The number of methoxy groups -OCH3 is 1. The summed E-state index contributed by atoms with van der Waals surface area (Å²) in [5, 5.41) is 0. The van der Waals surface area contributed by atoms with E-state index in [1.165, 1.54) is 7.11 Å². The van der Waals surface area contributed by atoms with Crippen LogP contribution < -0.4 is 0 Å². The van der Waals surface area contributed by atoms with Gasteiger partial charge in [-0.1, -0.05) is 0 Å². The summed E-state index contributed by atoms with van der Waals surface area (Å²) in [4.78, 5) is 0. The summed E-state index contributed by atoms with van der Waals surface area (Å²) in [6.45, 7) is 8.61. The summed E-state index contributed by atoms with van der Waals surface area (Å²) >= 11 is 0. The molecule has 84 valence electrons. The first-order chi connectivity index (χ1) is 6.65. The SMILES string of the molecule is CCOC(OC)=C(OCC)OC(C)C. The van der Waals surface area contributed by atoms with Crippen molar-refractivity contribution in [1.29, 1.82) is 0 Å². The summed E-state index contributed by atoms with van der Waals surface area (Å²) in [6.07, 6.45) is 0.0298. The molecular formula is C10H20O4. The van der Waals surface area contributed by atoms with Crippen molar-refractivity contribution in [2.75, 3.05) is 20.3 Å². The molecule has 0 N–H and O–H groups in total. The third kappa shape index (κ3) is 4.84. The van der Waals surface area contributed by atoms with Crippen LogP contribution in [0.2, 0.25) is 0 Å².